The van der Waals surface area contributed by atoms with Crippen LogP contribution in [-0.2, 0) is 14.3 Å². The van der Waals surface area contributed by atoms with Crippen LogP contribution in [0.3, 0.4) is 0 Å². The van der Waals surface area contributed by atoms with Crippen LogP contribution in [-0.4, -0.2) is 42.5 Å². The SMILES string of the molecule is CCCC[C@H](N)C(=O)N1CCCCC1C(=O)OC. The lowest BCUT2D eigenvalue weighted by Gasteiger charge is -2.35. The van der Waals surface area contributed by atoms with Crippen molar-refractivity contribution < 1.29 is 14.3 Å². The van der Waals surface area contributed by atoms with E-state index in [1.54, 1.807) is 4.90 Å². The first kappa shape index (κ1) is 15.0. The number of ether oxygens (including phenoxy) is 1. The standard InChI is InChI=1S/C13H24N2O3/c1-3-4-7-10(14)12(16)15-9-6-5-8-11(15)13(17)18-2/h10-11H,3-9,14H2,1-2H3/t10-,11?/m0/s1. The predicted molar refractivity (Wildman–Crippen MR) is 68.9 cm³/mol. The molecule has 2 atom stereocenters. The number of rotatable bonds is 5. The maximum atomic E-state index is 12.2. The van der Waals surface area contributed by atoms with Crippen LogP contribution in [0.25, 0.3) is 0 Å². The minimum atomic E-state index is -0.491. The maximum Gasteiger partial charge on any atom is 0.328 e. The molecule has 0 aromatic carbocycles. The molecule has 5 heteroatoms. The van der Waals surface area contributed by atoms with Gasteiger partial charge in [0.25, 0.3) is 0 Å². The number of nitrogens with two attached hydrogens (primary N) is 1. The summed E-state index contributed by atoms with van der Waals surface area (Å²) in [6.07, 6.45) is 5.19. The van der Waals surface area contributed by atoms with Gasteiger partial charge in [0.05, 0.1) is 13.2 Å². The summed E-state index contributed by atoms with van der Waals surface area (Å²) in [5.41, 5.74) is 5.89. The van der Waals surface area contributed by atoms with Crippen LogP contribution in [0.5, 0.6) is 0 Å². The van der Waals surface area contributed by atoms with Gasteiger partial charge in [-0.25, -0.2) is 4.79 Å². The third-order valence-corrected chi connectivity index (χ3v) is 3.45. The smallest absolute Gasteiger partial charge is 0.328 e. The van der Waals surface area contributed by atoms with Gasteiger partial charge in [-0.05, 0) is 25.7 Å². The summed E-state index contributed by atoms with van der Waals surface area (Å²) in [4.78, 5) is 25.5. The van der Waals surface area contributed by atoms with Crippen molar-refractivity contribution in [1.29, 1.82) is 0 Å². The fraction of sp³-hybridized carbons (Fsp3) is 0.846. The zero-order valence-electron chi connectivity index (χ0n) is 11.4. The van der Waals surface area contributed by atoms with Gasteiger partial charge in [0.15, 0.2) is 0 Å². The lowest BCUT2D eigenvalue weighted by Crippen LogP contribution is -2.53. The number of piperidine rings is 1. The molecular weight excluding hydrogens is 232 g/mol. The monoisotopic (exact) mass is 256 g/mol. The Kier molecular flexibility index (Phi) is 6.12. The molecule has 1 unspecified atom stereocenters. The number of carbonyl (C=O) groups is 2. The van der Waals surface area contributed by atoms with Gasteiger partial charge >= 0.3 is 5.97 Å². The molecule has 0 radical (unpaired) electrons. The Bertz CT molecular complexity index is 294. The molecule has 104 valence electrons. The number of likely N-dealkylation sites (tertiary alicyclic amines) is 1. The van der Waals surface area contributed by atoms with Crippen molar-refractivity contribution in [2.24, 2.45) is 5.73 Å². The molecule has 18 heavy (non-hydrogen) atoms. The van der Waals surface area contributed by atoms with Crippen molar-refractivity contribution >= 4 is 11.9 Å². The molecule has 1 aliphatic heterocycles. The number of carbonyl (C=O) groups excluding carboxylic acids is 2. The Morgan fingerprint density at radius 2 is 2.17 bits per heavy atom. The number of methoxy groups -OCH3 is 1. The lowest BCUT2D eigenvalue weighted by atomic mass is 10.00. The van der Waals surface area contributed by atoms with Gasteiger partial charge in [0.2, 0.25) is 5.91 Å². The highest BCUT2D eigenvalue weighted by Gasteiger charge is 2.34. The topological polar surface area (TPSA) is 72.6 Å². The van der Waals surface area contributed by atoms with E-state index in [1.807, 2.05) is 0 Å². The molecule has 1 fully saturated rings. The van der Waals surface area contributed by atoms with E-state index in [2.05, 4.69) is 6.92 Å². The third kappa shape index (κ3) is 3.70. The quantitative estimate of drug-likeness (QED) is 0.746. The zero-order valence-corrected chi connectivity index (χ0v) is 11.4. The summed E-state index contributed by atoms with van der Waals surface area (Å²) in [5, 5.41) is 0. The van der Waals surface area contributed by atoms with Gasteiger partial charge in [-0.15, -0.1) is 0 Å². The minimum absolute atomic E-state index is 0.112. The van der Waals surface area contributed by atoms with Crippen LogP contribution < -0.4 is 5.73 Å². The first-order chi connectivity index (χ1) is 8.61. The van der Waals surface area contributed by atoms with Crippen molar-refractivity contribution in [3.05, 3.63) is 0 Å². The second-order valence-electron chi connectivity index (χ2n) is 4.82. The fourth-order valence-electron chi connectivity index (χ4n) is 2.34. The molecule has 0 spiro atoms. The van der Waals surface area contributed by atoms with E-state index in [1.165, 1.54) is 7.11 Å². The number of esters is 1. The number of hydrogen-bond acceptors (Lipinski definition) is 4. The van der Waals surface area contributed by atoms with Gasteiger partial charge in [0, 0.05) is 6.54 Å². The number of hydrogen-bond donors (Lipinski definition) is 1. The van der Waals surface area contributed by atoms with Gasteiger partial charge in [-0.1, -0.05) is 19.8 Å². The van der Waals surface area contributed by atoms with E-state index >= 15 is 0 Å². The highest BCUT2D eigenvalue weighted by atomic mass is 16.5. The number of nitrogens with zero attached hydrogens (tertiary/aromatic N) is 1. The van der Waals surface area contributed by atoms with Crippen molar-refractivity contribution in [3.63, 3.8) is 0 Å². The predicted octanol–water partition coefficient (Wildman–Crippen LogP) is 1.06. The van der Waals surface area contributed by atoms with Gasteiger partial charge in [-0.3, -0.25) is 4.79 Å². The van der Waals surface area contributed by atoms with E-state index in [-0.39, 0.29) is 11.9 Å². The molecule has 1 saturated heterocycles. The highest BCUT2D eigenvalue weighted by Crippen LogP contribution is 2.19. The Hall–Kier alpha value is -1.10. The summed E-state index contributed by atoms with van der Waals surface area (Å²) in [5.74, 6) is -0.440. The van der Waals surface area contributed by atoms with Gasteiger partial charge in [-0.2, -0.15) is 0 Å². The summed E-state index contributed by atoms with van der Waals surface area (Å²) < 4.78 is 4.76. The van der Waals surface area contributed by atoms with Crippen LogP contribution in [0.2, 0.25) is 0 Å². The molecule has 0 bridgehead atoms. The summed E-state index contributed by atoms with van der Waals surface area (Å²) in [6.45, 7) is 2.67. The van der Waals surface area contributed by atoms with Crippen LogP contribution in [0.1, 0.15) is 45.4 Å². The summed E-state index contributed by atoms with van der Waals surface area (Å²) >= 11 is 0. The van der Waals surface area contributed by atoms with Crippen molar-refractivity contribution in [2.75, 3.05) is 13.7 Å². The van der Waals surface area contributed by atoms with Gasteiger partial charge < -0.3 is 15.4 Å². The van der Waals surface area contributed by atoms with Crippen molar-refractivity contribution in [3.8, 4) is 0 Å². The number of amides is 1. The molecule has 0 aliphatic carbocycles. The lowest BCUT2D eigenvalue weighted by molar-refractivity contribution is -0.155. The van der Waals surface area contributed by atoms with E-state index < -0.39 is 12.1 Å². The Balaban J connectivity index is 2.64. The molecule has 1 heterocycles. The van der Waals surface area contributed by atoms with Gasteiger partial charge in [0.1, 0.15) is 6.04 Å². The summed E-state index contributed by atoms with van der Waals surface area (Å²) in [6, 6.07) is -0.931. The van der Waals surface area contributed by atoms with E-state index in [0.717, 1.165) is 25.7 Å². The van der Waals surface area contributed by atoms with Crippen molar-refractivity contribution in [2.45, 2.75) is 57.5 Å². The maximum absolute atomic E-state index is 12.2. The van der Waals surface area contributed by atoms with Crippen LogP contribution in [0.4, 0.5) is 0 Å². The van der Waals surface area contributed by atoms with Crippen molar-refractivity contribution in [1.82, 2.24) is 4.90 Å². The highest BCUT2D eigenvalue weighted by molar-refractivity contribution is 5.87. The molecule has 0 aromatic heterocycles. The molecule has 5 nitrogen and oxygen atoms in total. The van der Waals surface area contributed by atoms with Crippen LogP contribution >= 0.6 is 0 Å². The Morgan fingerprint density at radius 3 is 2.78 bits per heavy atom. The zero-order chi connectivity index (χ0) is 13.5. The molecule has 2 N–H and O–H groups in total. The second-order valence-corrected chi connectivity index (χ2v) is 4.82. The van der Waals surface area contributed by atoms with E-state index in [0.29, 0.717) is 19.4 Å². The fourth-order valence-corrected chi connectivity index (χ4v) is 2.34. The molecule has 1 amide bonds. The van der Waals surface area contributed by atoms with E-state index in [9.17, 15) is 9.59 Å². The summed E-state index contributed by atoms with van der Waals surface area (Å²) in [7, 11) is 1.36. The molecule has 1 rings (SSSR count). The molecular formula is C13H24N2O3. The average Bonchev–Trinajstić information content (AvgIpc) is 2.43. The molecule has 0 saturated carbocycles. The minimum Gasteiger partial charge on any atom is -0.467 e. The third-order valence-electron chi connectivity index (χ3n) is 3.45. The van der Waals surface area contributed by atoms with E-state index in [4.69, 9.17) is 10.5 Å². The first-order valence-corrected chi connectivity index (χ1v) is 6.75. The average molecular weight is 256 g/mol. The van der Waals surface area contributed by atoms with Crippen LogP contribution in [0, 0.1) is 0 Å². The van der Waals surface area contributed by atoms with Crippen LogP contribution in [0.15, 0.2) is 0 Å². The first-order valence-electron chi connectivity index (χ1n) is 6.75. The Morgan fingerprint density at radius 1 is 1.44 bits per heavy atom. The largest absolute Gasteiger partial charge is 0.467 e. The second kappa shape index (κ2) is 7.36. The Labute approximate surface area is 109 Å². The normalized spacial score (nSPS) is 21.5. The number of unbranched alkanes of at least 4 members (excludes halogenated alkanes) is 1. The molecule has 0 aromatic rings. The molecule has 1 aliphatic rings.